The number of hydrogen-bond donors (Lipinski definition) is 1. The number of aromatic nitrogens is 6. The normalized spacial score (nSPS) is 21.4. The quantitative estimate of drug-likeness (QED) is 0.416. The monoisotopic (exact) mass is 498 g/mol. The number of piperidine rings is 1. The maximum Gasteiger partial charge on any atom is 0.258 e. The highest BCUT2D eigenvalue weighted by Crippen LogP contribution is 2.33. The van der Waals surface area contributed by atoms with E-state index in [9.17, 15) is 8.78 Å². The first-order valence-electron chi connectivity index (χ1n) is 12.1. The lowest BCUT2D eigenvalue weighted by molar-refractivity contribution is -0.0763. The van der Waals surface area contributed by atoms with Crippen LogP contribution in [0.4, 0.5) is 14.7 Å². The van der Waals surface area contributed by atoms with Gasteiger partial charge in [0.05, 0.1) is 31.9 Å². The number of nitrogens with one attached hydrogen (secondary N) is 1. The standard InChI is InChI=1S/C24H28F2N8O2/c1-14-10-32(16-12-36-13-16)7-6-18(14)27-24-28-23(35-2)22-17(5-8-33(22)30-24)15-3-4-19-20(9-15)34(31-29-19)11-21(25)26/h3-5,8-9,14,16,18,21H,6-7,10-13H2,1-2H3,(H,27,30)/t14-,18?/m1/s1. The van der Waals surface area contributed by atoms with Crippen LogP contribution in [0.25, 0.3) is 27.7 Å². The Morgan fingerprint density at radius 1 is 1.25 bits per heavy atom. The lowest BCUT2D eigenvalue weighted by Crippen LogP contribution is -2.55. The molecule has 2 atom stereocenters. The molecule has 190 valence electrons. The van der Waals surface area contributed by atoms with Crippen molar-refractivity contribution in [2.45, 2.75) is 38.4 Å². The van der Waals surface area contributed by atoms with Gasteiger partial charge >= 0.3 is 0 Å². The summed E-state index contributed by atoms with van der Waals surface area (Å²) in [6, 6.07) is 8.18. The fourth-order valence-corrected chi connectivity index (χ4v) is 5.15. The SMILES string of the molecule is COc1nc(NC2CCN(C3COC3)C[C@H]2C)nn2ccc(-c3ccc4nnn(CC(F)F)c4c3)c12. The summed E-state index contributed by atoms with van der Waals surface area (Å²) in [6.45, 7) is 5.42. The van der Waals surface area contributed by atoms with Crippen LogP contribution in [0.3, 0.4) is 0 Å². The van der Waals surface area contributed by atoms with Crippen molar-refractivity contribution in [2.75, 3.05) is 38.7 Å². The van der Waals surface area contributed by atoms with Gasteiger partial charge in [0.2, 0.25) is 11.8 Å². The van der Waals surface area contributed by atoms with Crippen LogP contribution in [-0.4, -0.2) is 86.4 Å². The molecule has 4 aromatic rings. The molecule has 2 fully saturated rings. The van der Waals surface area contributed by atoms with E-state index in [-0.39, 0.29) is 6.04 Å². The molecule has 0 aliphatic carbocycles. The first-order valence-corrected chi connectivity index (χ1v) is 12.1. The Kier molecular flexibility index (Phi) is 5.92. The van der Waals surface area contributed by atoms with E-state index < -0.39 is 13.0 Å². The fourth-order valence-electron chi connectivity index (χ4n) is 5.15. The highest BCUT2D eigenvalue weighted by atomic mass is 19.3. The summed E-state index contributed by atoms with van der Waals surface area (Å²) in [6.07, 6.45) is 0.329. The molecule has 0 spiro atoms. The van der Waals surface area contributed by atoms with Gasteiger partial charge in [-0.3, -0.25) is 4.90 Å². The molecule has 1 unspecified atom stereocenters. The second-order valence-electron chi connectivity index (χ2n) is 9.54. The Morgan fingerprint density at radius 2 is 2.11 bits per heavy atom. The van der Waals surface area contributed by atoms with Gasteiger partial charge in [-0.2, -0.15) is 4.98 Å². The van der Waals surface area contributed by atoms with Gasteiger partial charge in [0, 0.05) is 30.9 Å². The van der Waals surface area contributed by atoms with Gasteiger partial charge < -0.3 is 14.8 Å². The molecule has 0 amide bonds. The van der Waals surface area contributed by atoms with E-state index in [1.54, 1.807) is 23.8 Å². The van der Waals surface area contributed by atoms with Crippen LogP contribution >= 0.6 is 0 Å². The zero-order valence-electron chi connectivity index (χ0n) is 20.1. The Balaban J connectivity index is 1.28. The molecule has 6 rings (SSSR count). The Morgan fingerprint density at radius 3 is 2.83 bits per heavy atom. The molecule has 0 saturated carbocycles. The third kappa shape index (κ3) is 4.13. The summed E-state index contributed by atoms with van der Waals surface area (Å²) < 4.78 is 39.9. The predicted octanol–water partition coefficient (Wildman–Crippen LogP) is 2.94. The van der Waals surface area contributed by atoms with Crippen molar-refractivity contribution in [2.24, 2.45) is 5.92 Å². The average molecular weight is 499 g/mol. The molecule has 2 aliphatic rings. The zero-order valence-corrected chi connectivity index (χ0v) is 20.1. The lowest BCUT2D eigenvalue weighted by Gasteiger charge is -2.44. The van der Waals surface area contributed by atoms with E-state index in [0.717, 1.165) is 43.9 Å². The molecule has 1 aromatic carbocycles. The maximum absolute atomic E-state index is 13.0. The summed E-state index contributed by atoms with van der Waals surface area (Å²) in [7, 11) is 1.58. The number of nitrogens with zero attached hydrogens (tertiary/aromatic N) is 7. The third-order valence-electron chi connectivity index (χ3n) is 7.20. The van der Waals surface area contributed by atoms with Gasteiger partial charge in [-0.25, -0.2) is 18.0 Å². The van der Waals surface area contributed by atoms with Crippen LogP contribution in [0, 0.1) is 5.92 Å². The van der Waals surface area contributed by atoms with Gasteiger partial charge in [-0.05, 0) is 36.1 Å². The molecule has 2 aliphatic heterocycles. The molecule has 1 N–H and O–H groups in total. The van der Waals surface area contributed by atoms with Crippen molar-refractivity contribution < 1.29 is 18.3 Å². The number of alkyl halides is 2. The van der Waals surface area contributed by atoms with E-state index >= 15 is 0 Å². The van der Waals surface area contributed by atoms with E-state index in [0.29, 0.717) is 40.3 Å². The van der Waals surface area contributed by atoms with E-state index in [2.05, 4.69) is 32.4 Å². The number of benzene rings is 1. The van der Waals surface area contributed by atoms with Crippen molar-refractivity contribution in [1.82, 2.24) is 34.5 Å². The van der Waals surface area contributed by atoms with Crippen molar-refractivity contribution in [3.05, 3.63) is 30.5 Å². The lowest BCUT2D eigenvalue weighted by atomic mass is 9.92. The van der Waals surface area contributed by atoms with Crippen LogP contribution in [0.2, 0.25) is 0 Å². The van der Waals surface area contributed by atoms with Gasteiger partial charge in [0.25, 0.3) is 6.43 Å². The molecule has 0 radical (unpaired) electrons. The largest absolute Gasteiger partial charge is 0.479 e. The fraction of sp³-hybridized carbons (Fsp3) is 0.500. The molecular formula is C24H28F2N8O2. The first kappa shape index (κ1) is 23.0. The highest BCUT2D eigenvalue weighted by Gasteiger charge is 2.33. The Bertz CT molecular complexity index is 1390. The van der Waals surface area contributed by atoms with E-state index in [1.165, 1.54) is 4.68 Å². The highest BCUT2D eigenvalue weighted by molar-refractivity contribution is 5.89. The number of likely N-dealkylation sites (tertiary alicyclic amines) is 1. The average Bonchev–Trinajstić information content (AvgIpc) is 3.43. The Labute approximate surface area is 206 Å². The van der Waals surface area contributed by atoms with Crippen LogP contribution in [0.15, 0.2) is 30.5 Å². The van der Waals surface area contributed by atoms with Crippen LogP contribution < -0.4 is 10.1 Å². The van der Waals surface area contributed by atoms with Gasteiger partial charge in [0.15, 0.2) is 0 Å². The van der Waals surface area contributed by atoms with Crippen molar-refractivity contribution in [3.63, 3.8) is 0 Å². The summed E-state index contributed by atoms with van der Waals surface area (Å²) in [5.74, 6) is 1.38. The van der Waals surface area contributed by atoms with Crippen LogP contribution in [-0.2, 0) is 11.3 Å². The number of ether oxygens (including phenoxy) is 2. The molecular weight excluding hydrogens is 470 g/mol. The summed E-state index contributed by atoms with van der Waals surface area (Å²) in [4.78, 5) is 7.18. The predicted molar refractivity (Wildman–Crippen MR) is 129 cm³/mol. The van der Waals surface area contributed by atoms with Crippen molar-refractivity contribution >= 4 is 22.5 Å². The number of hydrogen-bond acceptors (Lipinski definition) is 8. The van der Waals surface area contributed by atoms with Crippen LogP contribution in [0.1, 0.15) is 13.3 Å². The summed E-state index contributed by atoms with van der Waals surface area (Å²) >= 11 is 0. The second kappa shape index (κ2) is 9.25. The molecule has 2 saturated heterocycles. The van der Waals surface area contributed by atoms with Gasteiger partial charge in [-0.15, -0.1) is 10.2 Å². The van der Waals surface area contributed by atoms with Gasteiger partial charge in [0.1, 0.15) is 17.6 Å². The molecule has 0 bridgehead atoms. The summed E-state index contributed by atoms with van der Waals surface area (Å²) in [5, 5.41) is 16.1. The number of fused-ring (bicyclic) bond motifs is 2. The van der Waals surface area contributed by atoms with Gasteiger partial charge in [-0.1, -0.05) is 18.2 Å². The molecule has 10 nitrogen and oxygen atoms in total. The second-order valence-corrected chi connectivity index (χ2v) is 9.54. The number of methoxy groups -OCH3 is 1. The van der Waals surface area contributed by atoms with E-state index in [1.807, 2.05) is 18.3 Å². The van der Waals surface area contributed by atoms with Crippen LogP contribution in [0.5, 0.6) is 5.88 Å². The molecule has 36 heavy (non-hydrogen) atoms. The maximum atomic E-state index is 13.0. The summed E-state index contributed by atoms with van der Waals surface area (Å²) in [5.41, 5.74) is 3.44. The minimum atomic E-state index is -2.52. The minimum Gasteiger partial charge on any atom is -0.479 e. The molecule has 3 aromatic heterocycles. The number of rotatable bonds is 7. The topological polar surface area (TPSA) is 94.6 Å². The van der Waals surface area contributed by atoms with Crippen molar-refractivity contribution in [1.29, 1.82) is 0 Å². The zero-order chi connectivity index (χ0) is 24.8. The number of anilines is 1. The van der Waals surface area contributed by atoms with Crippen molar-refractivity contribution in [3.8, 4) is 17.0 Å². The molecule has 5 heterocycles. The third-order valence-corrected chi connectivity index (χ3v) is 7.20. The molecule has 12 heteroatoms. The minimum absolute atomic E-state index is 0.254. The Hall–Kier alpha value is -3.38. The van der Waals surface area contributed by atoms with E-state index in [4.69, 9.17) is 14.6 Å². The first-order chi connectivity index (χ1) is 17.5. The smallest absolute Gasteiger partial charge is 0.258 e. The number of halogens is 2.